The molecule has 1 spiro atoms. The van der Waals surface area contributed by atoms with Gasteiger partial charge in [-0.3, -0.25) is 0 Å². The fraction of sp³-hybridized carbons (Fsp3) is 0.182. The summed E-state index contributed by atoms with van der Waals surface area (Å²) < 4.78 is 0. The number of benzene rings is 9. The van der Waals surface area contributed by atoms with E-state index in [1.165, 1.54) is 100 Å². The summed E-state index contributed by atoms with van der Waals surface area (Å²) in [7, 11) is 0. The Morgan fingerprint density at radius 3 is 1.45 bits per heavy atom. The van der Waals surface area contributed by atoms with E-state index in [0.717, 1.165) is 17.1 Å². The van der Waals surface area contributed by atoms with Crippen molar-refractivity contribution in [1.29, 1.82) is 0 Å². The number of rotatable bonds is 5. The van der Waals surface area contributed by atoms with Crippen molar-refractivity contribution < 1.29 is 0 Å². The monoisotopic (exact) mass is 863 g/mol. The van der Waals surface area contributed by atoms with Crippen LogP contribution in [0.25, 0.3) is 55.6 Å². The van der Waals surface area contributed by atoms with Crippen LogP contribution in [-0.4, -0.2) is 0 Å². The van der Waals surface area contributed by atoms with Crippen LogP contribution in [-0.2, 0) is 21.7 Å². The van der Waals surface area contributed by atoms with Gasteiger partial charge >= 0.3 is 0 Å². The Kier molecular flexibility index (Phi) is 9.01. The van der Waals surface area contributed by atoms with Crippen LogP contribution < -0.4 is 4.90 Å². The van der Waals surface area contributed by atoms with Gasteiger partial charge in [-0.25, -0.2) is 0 Å². The van der Waals surface area contributed by atoms with E-state index in [1.54, 1.807) is 0 Å². The molecule has 0 atom stereocenters. The van der Waals surface area contributed by atoms with Gasteiger partial charge in [0.1, 0.15) is 0 Å². The Bertz CT molecular complexity index is 3400. The minimum absolute atomic E-state index is 0.0108. The molecule has 0 fully saturated rings. The van der Waals surface area contributed by atoms with Gasteiger partial charge < -0.3 is 4.90 Å². The molecule has 0 aromatic heterocycles. The summed E-state index contributed by atoms with van der Waals surface area (Å²) in [6.07, 6.45) is 0. The van der Waals surface area contributed by atoms with Crippen LogP contribution in [0.1, 0.15) is 99.9 Å². The Morgan fingerprint density at radius 1 is 0.328 bits per heavy atom. The first-order chi connectivity index (χ1) is 32.3. The van der Waals surface area contributed by atoms with Crippen molar-refractivity contribution in [3.05, 3.63) is 245 Å². The Labute approximate surface area is 397 Å². The molecule has 67 heavy (non-hydrogen) atoms. The predicted octanol–water partition coefficient (Wildman–Crippen LogP) is 17.7. The minimum atomic E-state index is -0.479. The molecule has 0 radical (unpaired) electrons. The second-order valence-corrected chi connectivity index (χ2v) is 21.7. The van der Waals surface area contributed by atoms with Crippen LogP contribution in [0.2, 0.25) is 0 Å². The summed E-state index contributed by atoms with van der Waals surface area (Å²) in [6, 6.07) is 76.2. The van der Waals surface area contributed by atoms with Gasteiger partial charge in [0.05, 0.1) is 16.8 Å². The van der Waals surface area contributed by atoms with Crippen LogP contribution in [0.5, 0.6) is 0 Å². The molecule has 0 amide bonds. The molecule has 9 aromatic carbocycles. The summed E-state index contributed by atoms with van der Waals surface area (Å²) in [4.78, 5) is 2.54. The predicted molar refractivity (Wildman–Crippen MR) is 283 cm³/mol. The highest BCUT2D eigenvalue weighted by Crippen LogP contribution is 2.64. The highest BCUT2D eigenvalue weighted by molar-refractivity contribution is 6.02. The first-order valence-corrected chi connectivity index (χ1v) is 24.1. The molecule has 0 saturated heterocycles. The molecule has 3 aliphatic carbocycles. The third-order valence-corrected chi connectivity index (χ3v) is 15.4. The zero-order valence-corrected chi connectivity index (χ0v) is 40.0. The van der Waals surface area contributed by atoms with Crippen molar-refractivity contribution >= 4 is 17.1 Å². The number of anilines is 3. The first-order valence-electron chi connectivity index (χ1n) is 24.1. The van der Waals surface area contributed by atoms with Crippen molar-refractivity contribution in [2.75, 3.05) is 4.90 Å². The SMILES string of the molecule is CC(C)(C)c1ccc2c(c1)C1(c3ccccc3-c3cc(N(c4ccccc4-c4ccccc4)c4ccccc4-c4cccc5c4-c4ccccc4C5(C)C)ccc31)c1cc(C(C)(C)C)ccc1-2. The summed E-state index contributed by atoms with van der Waals surface area (Å²) >= 11 is 0. The maximum absolute atomic E-state index is 2.54. The largest absolute Gasteiger partial charge is 0.309 e. The molecule has 0 unspecified atom stereocenters. The second kappa shape index (κ2) is 14.6. The fourth-order valence-electron chi connectivity index (χ4n) is 12.1. The van der Waals surface area contributed by atoms with E-state index in [0.29, 0.717) is 0 Å². The van der Waals surface area contributed by atoms with Crippen molar-refractivity contribution in [3.8, 4) is 55.6 Å². The quantitative estimate of drug-likeness (QED) is 0.167. The number of hydrogen-bond acceptors (Lipinski definition) is 1. The first kappa shape index (κ1) is 41.2. The van der Waals surface area contributed by atoms with Gasteiger partial charge in [0.15, 0.2) is 0 Å². The molecular formula is C66H57N. The smallest absolute Gasteiger partial charge is 0.0725 e. The molecular weight excluding hydrogens is 807 g/mol. The average molecular weight is 864 g/mol. The van der Waals surface area contributed by atoms with Crippen molar-refractivity contribution in [2.24, 2.45) is 0 Å². The van der Waals surface area contributed by atoms with Crippen molar-refractivity contribution in [3.63, 3.8) is 0 Å². The molecule has 0 N–H and O–H groups in total. The van der Waals surface area contributed by atoms with E-state index in [-0.39, 0.29) is 16.2 Å². The van der Waals surface area contributed by atoms with Gasteiger partial charge in [-0.2, -0.15) is 0 Å². The van der Waals surface area contributed by atoms with Gasteiger partial charge in [-0.1, -0.05) is 231 Å². The number of nitrogens with zero attached hydrogens (tertiary/aromatic N) is 1. The molecule has 12 rings (SSSR count). The third-order valence-electron chi connectivity index (χ3n) is 15.4. The van der Waals surface area contributed by atoms with E-state index < -0.39 is 5.41 Å². The lowest BCUT2D eigenvalue weighted by Gasteiger charge is -2.33. The van der Waals surface area contributed by atoms with Crippen molar-refractivity contribution in [2.45, 2.75) is 77.0 Å². The molecule has 0 aliphatic heterocycles. The molecule has 326 valence electrons. The maximum atomic E-state index is 2.54. The van der Waals surface area contributed by atoms with Gasteiger partial charge in [0, 0.05) is 22.2 Å². The highest BCUT2D eigenvalue weighted by atomic mass is 15.1. The van der Waals surface area contributed by atoms with Crippen LogP contribution >= 0.6 is 0 Å². The molecule has 9 aromatic rings. The summed E-state index contributed by atoms with van der Waals surface area (Å²) in [5.41, 5.74) is 26.5. The lowest BCUT2D eigenvalue weighted by molar-refractivity contribution is 0.586. The topological polar surface area (TPSA) is 3.24 Å². The molecule has 1 heteroatoms. The molecule has 0 saturated carbocycles. The molecule has 0 heterocycles. The minimum Gasteiger partial charge on any atom is -0.309 e. The Morgan fingerprint density at radius 2 is 0.806 bits per heavy atom. The van der Waals surface area contributed by atoms with Gasteiger partial charge in [0.2, 0.25) is 0 Å². The number of hydrogen-bond donors (Lipinski definition) is 0. The standard InChI is InChI=1S/C66H57N/c1-63(2,3)43-33-36-48-49-37-34-44(64(4,5)6)40-59(49)66(58(48)39-43)55-29-17-12-24-47(55)53-41-45(35-38-56(53)66)67(60-31-18-14-23-46(60)42-21-10-9-11-22-42)61-32-19-15-25-50(61)51-27-20-30-57-62(51)52-26-13-16-28-54(52)65(57,7)8/h9-41H,1-8H3. The van der Waals surface area contributed by atoms with E-state index in [4.69, 9.17) is 0 Å². The average Bonchev–Trinajstić information content (AvgIpc) is 3.89. The molecule has 1 nitrogen and oxygen atoms in total. The normalized spacial score (nSPS) is 14.5. The molecule has 3 aliphatic rings. The van der Waals surface area contributed by atoms with Crippen LogP contribution in [0.4, 0.5) is 17.1 Å². The summed E-state index contributed by atoms with van der Waals surface area (Å²) in [5.74, 6) is 0. The van der Waals surface area contributed by atoms with Gasteiger partial charge in [-0.15, -0.1) is 0 Å². The third kappa shape index (κ3) is 6.00. The molecule has 0 bridgehead atoms. The summed E-state index contributed by atoms with van der Waals surface area (Å²) in [6.45, 7) is 18.8. The Balaban J connectivity index is 1.14. The maximum Gasteiger partial charge on any atom is 0.0725 e. The van der Waals surface area contributed by atoms with Crippen molar-refractivity contribution in [1.82, 2.24) is 0 Å². The Hall–Kier alpha value is -7.22. The van der Waals surface area contributed by atoms with E-state index in [2.05, 4.69) is 260 Å². The summed E-state index contributed by atoms with van der Waals surface area (Å²) in [5, 5.41) is 0. The van der Waals surface area contributed by atoms with Gasteiger partial charge in [0.25, 0.3) is 0 Å². The van der Waals surface area contributed by atoms with E-state index in [1.807, 2.05) is 0 Å². The van der Waals surface area contributed by atoms with E-state index in [9.17, 15) is 0 Å². The van der Waals surface area contributed by atoms with Crippen LogP contribution in [0.15, 0.2) is 200 Å². The second-order valence-electron chi connectivity index (χ2n) is 21.7. The van der Waals surface area contributed by atoms with E-state index >= 15 is 0 Å². The number of para-hydroxylation sites is 2. The highest BCUT2D eigenvalue weighted by Gasteiger charge is 2.52. The fourth-order valence-corrected chi connectivity index (χ4v) is 12.1. The lowest BCUT2D eigenvalue weighted by atomic mass is 9.69. The zero-order chi connectivity index (χ0) is 46.0. The van der Waals surface area contributed by atoms with Crippen LogP contribution in [0.3, 0.4) is 0 Å². The van der Waals surface area contributed by atoms with Gasteiger partial charge in [-0.05, 0) is 124 Å². The zero-order valence-electron chi connectivity index (χ0n) is 40.0. The van der Waals surface area contributed by atoms with Crippen LogP contribution in [0, 0.1) is 0 Å². The number of fused-ring (bicyclic) bond motifs is 13. The lowest BCUT2D eigenvalue weighted by Crippen LogP contribution is -2.27.